The number of hydrogen-bond donors (Lipinski definition) is 2. The number of carbonyl (C=O) groups excluding carboxylic acids is 2. The molecule has 5 nitrogen and oxygen atoms in total. The Kier molecular flexibility index (Phi) is 4.79. The van der Waals surface area contributed by atoms with Crippen molar-refractivity contribution in [3.8, 4) is 5.75 Å². The SMILES string of the molecule is COc1ccc(CCC(=O)Nc2ccc3c(c2)C(=O)NCC3)cc1. The second-order valence-corrected chi connectivity index (χ2v) is 5.77. The normalized spacial score (nSPS) is 13.0. The number of hydrogen-bond acceptors (Lipinski definition) is 3. The van der Waals surface area contributed by atoms with Gasteiger partial charge in [-0.1, -0.05) is 18.2 Å². The standard InChI is InChI=1S/C19H20N2O3/c1-24-16-7-2-13(3-8-16)4-9-18(22)21-15-6-5-14-10-11-20-19(23)17(14)12-15/h2-3,5-8,12H,4,9-11H2,1H3,(H,20,23)(H,21,22). The second-order valence-electron chi connectivity index (χ2n) is 5.77. The number of anilines is 1. The molecule has 1 aliphatic heterocycles. The van der Waals surface area contributed by atoms with Crippen LogP contribution in [0.2, 0.25) is 0 Å². The third kappa shape index (κ3) is 3.74. The van der Waals surface area contributed by atoms with Gasteiger partial charge in [-0.25, -0.2) is 0 Å². The van der Waals surface area contributed by atoms with E-state index in [4.69, 9.17) is 4.74 Å². The highest BCUT2D eigenvalue weighted by atomic mass is 16.5. The molecule has 0 atom stereocenters. The summed E-state index contributed by atoms with van der Waals surface area (Å²) in [4.78, 5) is 24.0. The van der Waals surface area contributed by atoms with Crippen LogP contribution in [0.3, 0.4) is 0 Å². The van der Waals surface area contributed by atoms with Crippen LogP contribution in [0.4, 0.5) is 5.69 Å². The molecule has 5 heteroatoms. The lowest BCUT2D eigenvalue weighted by atomic mass is 10.00. The first-order valence-corrected chi connectivity index (χ1v) is 7.99. The number of amides is 2. The molecular weight excluding hydrogens is 304 g/mol. The van der Waals surface area contributed by atoms with Crippen LogP contribution >= 0.6 is 0 Å². The van der Waals surface area contributed by atoms with Gasteiger partial charge in [-0.05, 0) is 48.2 Å². The van der Waals surface area contributed by atoms with E-state index in [9.17, 15) is 9.59 Å². The maximum atomic E-state index is 12.1. The highest BCUT2D eigenvalue weighted by Crippen LogP contribution is 2.19. The monoisotopic (exact) mass is 324 g/mol. The number of nitrogens with one attached hydrogen (secondary N) is 2. The molecule has 3 rings (SSSR count). The molecule has 0 radical (unpaired) electrons. The van der Waals surface area contributed by atoms with Crippen LogP contribution < -0.4 is 15.4 Å². The first-order chi connectivity index (χ1) is 11.7. The van der Waals surface area contributed by atoms with Crippen LogP contribution in [0.5, 0.6) is 5.75 Å². The molecule has 2 aromatic rings. The van der Waals surface area contributed by atoms with Gasteiger partial charge in [0, 0.05) is 24.2 Å². The van der Waals surface area contributed by atoms with Gasteiger partial charge in [-0.3, -0.25) is 9.59 Å². The molecule has 2 amide bonds. The van der Waals surface area contributed by atoms with E-state index < -0.39 is 0 Å². The number of rotatable bonds is 5. The number of ether oxygens (including phenoxy) is 1. The van der Waals surface area contributed by atoms with E-state index in [-0.39, 0.29) is 11.8 Å². The van der Waals surface area contributed by atoms with E-state index in [2.05, 4.69) is 10.6 Å². The summed E-state index contributed by atoms with van der Waals surface area (Å²) in [6.45, 7) is 0.666. The van der Waals surface area contributed by atoms with Gasteiger partial charge in [0.15, 0.2) is 0 Å². The van der Waals surface area contributed by atoms with E-state index in [0.717, 1.165) is 23.3 Å². The lowest BCUT2D eigenvalue weighted by Crippen LogP contribution is -2.31. The van der Waals surface area contributed by atoms with Gasteiger partial charge in [0.2, 0.25) is 5.91 Å². The zero-order valence-corrected chi connectivity index (χ0v) is 13.6. The van der Waals surface area contributed by atoms with E-state index in [1.807, 2.05) is 36.4 Å². The minimum atomic E-state index is -0.0782. The van der Waals surface area contributed by atoms with E-state index >= 15 is 0 Å². The van der Waals surface area contributed by atoms with Crippen LogP contribution in [-0.4, -0.2) is 25.5 Å². The van der Waals surface area contributed by atoms with Crippen molar-refractivity contribution in [3.63, 3.8) is 0 Å². The van der Waals surface area contributed by atoms with Crippen LogP contribution in [0.15, 0.2) is 42.5 Å². The summed E-state index contributed by atoms with van der Waals surface area (Å²) in [5.74, 6) is 0.656. The first-order valence-electron chi connectivity index (χ1n) is 7.99. The van der Waals surface area contributed by atoms with E-state index in [1.165, 1.54) is 0 Å². The Morgan fingerprint density at radius 1 is 1.21 bits per heavy atom. The lowest BCUT2D eigenvalue weighted by Gasteiger charge is -2.17. The molecule has 0 saturated heterocycles. The molecule has 0 unspecified atom stereocenters. The molecule has 2 aromatic carbocycles. The maximum Gasteiger partial charge on any atom is 0.251 e. The summed E-state index contributed by atoms with van der Waals surface area (Å²) in [5, 5.41) is 5.67. The Morgan fingerprint density at radius 3 is 2.75 bits per heavy atom. The third-order valence-corrected chi connectivity index (χ3v) is 4.12. The Bertz CT molecular complexity index is 754. The molecule has 0 aromatic heterocycles. The van der Waals surface area contributed by atoms with Gasteiger partial charge in [-0.2, -0.15) is 0 Å². The summed E-state index contributed by atoms with van der Waals surface area (Å²) in [5.41, 5.74) is 3.41. The molecule has 0 fully saturated rings. The fourth-order valence-electron chi connectivity index (χ4n) is 2.76. The van der Waals surface area contributed by atoms with Crippen LogP contribution in [0, 0.1) is 0 Å². The second kappa shape index (κ2) is 7.17. The highest BCUT2D eigenvalue weighted by molar-refractivity contribution is 5.99. The molecular formula is C19H20N2O3. The average Bonchev–Trinajstić information content (AvgIpc) is 2.61. The predicted molar refractivity (Wildman–Crippen MR) is 92.4 cm³/mol. The summed E-state index contributed by atoms with van der Waals surface area (Å²) < 4.78 is 5.12. The fraction of sp³-hybridized carbons (Fsp3) is 0.263. The van der Waals surface area contributed by atoms with Crippen LogP contribution in [-0.2, 0) is 17.6 Å². The smallest absolute Gasteiger partial charge is 0.251 e. The zero-order chi connectivity index (χ0) is 16.9. The Balaban J connectivity index is 1.58. The van der Waals surface area contributed by atoms with Crippen LogP contribution in [0.25, 0.3) is 0 Å². The summed E-state index contributed by atoms with van der Waals surface area (Å²) in [6, 6.07) is 13.2. The lowest BCUT2D eigenvalue weighted by molar-refractivity contribution is -0.116. The highest BCUT2D eigenvalue weighted by Gasteiger charge is 2.17. The molecule has 1 aliphatic rings. The van der Waals surface area contributed by atoms with E-state index in [1.54, 1.807) is 13.2 Å². The largest absolute Gasteiger partial charge is 0.497 e. The predicted octanol–water partition coefficient (Wildman–Crippen LogP) is 2.55. The Morgan fingerprint density at radius 2 is 2.00 bits per heavy atom. The molecule has 124 valence electrons. The quantitative estimate of drug-likeness (QED) is 0.888. The third-order valence-electron chi connectivity index (χ3n) is 4.12. The minimum absolute atomic E-state index is 0.0676. The molecule has 1 heterocycles. The topological polar surface area (TPSA) is 67.4 Å². The van der Waals surface area contributed by atoms with Crippen molar-refractivity contribution < 1.29 is 14.3 Å². The Hall–Kier alpha value is -2.82. The molecule has 0 spiro atoms. The number of fused-ring (bicyclic) bond motifs is 1. The summed E-state index contributed by atoms with van der Waals surface area (Å²) >= 11 is 0. The van der Waals surface area contributed by atoms with Gasteiger partial charge in [0.1, 0.15) is 5.75 Å². The van der Waals surface area contributed by atoms with Crippen molar-refractivity contribution in [2.24, 2.45) is 0 Å². The van der Waals surface area contributed by atoms with Gasteiger partial charge < -0.3 is 15.4 Å². The van der Waals surface area contributed by atoms with Gasteiger partial charge in [-0.15, -0.1) is 0 Å². The van der Waals surface area contributed by atoms with E-state index in [0.29, 0.717) is 30.6 Å². The molecule has 24 heavy (non-hydrogen) atoms. The number of carbonyl (C=O) groups is 2. The van der Waals surface area contributed by atoms with Gasteiger partial charge >= 0.3 is 0 Å². The van der Waals surface area contributed by atoms with Gasteiger partial charge in [0.05, 0.1) is 7.11 Å². The minimum Gasteiger partial charge on any atom is -0.497 e. The molecule has 0 saturated carbocycles. The molecule has 2 N–H and O–H groups in total. The van der Waals surface area contributed by atoms with Crippen LogP contribution in [0.1, 0.15) is 27.9 Å². The number of aryl methyl sites for hydroxylation is 1. The van der Waals surface area contributed by atoms with Crippen molar-refractivity contribution in [3.05, 3.63) is 59.2 Å². The summed E-state index contributed by atoms with van der Waals surface area (Å²) in [7, 11) is 1.63. The number of methoxy groups -OCH3 is 1. The zero-order valence-electron chi connectivity index (χ0n) is 13.6. The van der Waals surface area contributed by atoms with Crippen molar-refractivity contribution >= 4 is 17.5 Å². The Labute approximate surface area is 141 Å². The first kappa shape index (κ1) is 16.1. The molecule has 0 bridgehead atoms. The fourth-order valence-corrected chi connectivity index (χ4v) is 2.76. The number of benzene rings is 2. The van der Waals surface area contributed by atoms with Crippen molar-refractivity contribution in [1.82, 2.24) is 5.32 Å². The van der Waals surface area contributed by atoms with Gasteiger partial charge in [0.25, 0.3) is 5.91 Å². The average molecular weight is 324 g/mol. The summed E-state index contributed by atoms with van der Waals surface area (Å²) in [6.07, 6.45) is 1.86. The van der Waals surface area contributed by atoms with Crippen molar-refractivity contribution in [2.45, 2.75) is 19.3 Å². The maximum absolute atomic E-state index is 12.1. The molecule has 0 aliphatic carbocycles. The van der Waals surface area contributed by atoms with Crippen molar-refractivity contribution in [1.29, 1.82) is 0 Å². The van der Waals surface area contributed by atoms with Crippen molar-refractivity contribution in [2.75, 3.05) is 19.0 Å².